The smallest absolute Gasteiger partial charge is 0.157 e. The highest BCUT2D eigenvalue weighted by atomic mass is 32.1. The molecular weight excluding hydrogens is 410 g/mol. The van der Waals surface area contributed by atoms with Gasteiger partial charge in [-0.1, -0.05) is 44.9 Å². The predicted octanol–water partition coefficient (Wildman–Crippen LogP) is 5.31. The highest BCUT2D eigenvalue weighted by molar-refractivity contribution is 7.09. The van der Waals surface area contributed by atoms with E-state index in [4.69, 9.17) is 4.74 Å². The minimum atomic E-state index is -1.15. The van der Waals surface area contributed by atoms with Gasteiger partial charge >= 0.3 is 0 Å². The second-order valence-corrected chi connectivity index (χ2v) is 10.3. The van der Waals surface area contributed by atoms with E-state index in [2.05, 4.69) is 24.9 Å². The third kappa shape index (κ3) is 8.97. The number of aromatic nitrogens is 1. The van der Waals surface area contributed by atoms with Gasteiger partial charge in [-0.2, -0.15) is 0 Å². The fourth-order valence-corrected chi connectivity index (χ4v) is 4.72. The summed E-state index contributed by atoms with van der Waals surface area (Å²) in [6.45, 7) is 9.99. The van der Waals surface area contributed by atoms with Crippen molar-refractivity contribution in [1.82, 2.24) is 4.98 Å². The number of thiazole rings is 1. The van der Waals surface area contributed by atoms with Gasteiger partial charge in [0.25, 0.3) is 0 Å². The number of rotatable bonds is 2. The molecule has 0 radical (unpaired) electrons. The molecule has 0 fully saturated rings. The highest BCUT2D eigenvalue weighted by Gasteiger charge is 2.29. The first kappa shape index (κ1) is 25.9. The third-order valence-corrected chi connectivity index (χ3v) is 6.92. The molecule has 0 aliphatic carbocycles. The van der Waals surface area contributed by atoms with Crippen molar-refractivity contribution in [2.24, 2.45) is 17.8 Å². The number of carbonyl (C=O) groups is 1. The second-order valence-electron chi connectivity index (χ2n) is 9.19. The monoisotopic (exact) mass is 449 g/mol. The molecule has 0 saturated heterocycles. The van der Waals surface area contributed by atoms with Gasteiger partial charge in [-0.3, -0.25) is 4.79 Å². The molecule has 0 spiro atoms. The molecule has 6 atom stereocenters. The summed E-state index contributed by atoms with van der Waals surface area (Å²) in [7, 11) is 0. The molecule has 0 amide bonds. The van der Waals surface area contributed by atoms with Crippen LogP contribution in [0.15, 0.2) is 23.1 Å². The van der Waals surface area contributed by atoms with Crippen LogP contribution < -0.4 is 0 Å². The Bertz CT molecular complexity index is 756. The van der Waals surface area contributed by atoms with E-state index in [1.165, 1.54) is 5.57 Å². The number of hydrogen-bond acceptors (Lipinski definition) is 6. The van der Waals surface area contributed by atoms with Gasteiger partial charge in [0, 0.05) is 23.6 Å². The zero-order valence-corrected chi connectivity index (χ0v) is 20.4. The van der Waals surface area contributed by atoms with Crippen molar-refractivity contribution < 1.29 is 19.7 Å². The normalized spacial score (nSPS) is 32.9. The van der Waals surface area contributed by atoms with E-state index in [9.17, 15) is 15.0 Å². The Hall–Kier alpha value is -1.34. The van der Waals surface area contributed by atoms with E-state index in [1.54, 1.807) is 18.3 Å². The quantitative estimate of drug-likeness (QED) is 0.598. The number of carbonyl (C=O) groups excluding carboxylic acids is 1. The predicted molar refractivity (Wildman–Crippen MR) is 127 cm³/mol. The first-order valence-corrected chi connectivity index (χ1v) is 12.3. The van der Waals surface area contributed by atoms with Crippen molar-refractivity contribution in [3.63, 3.8) is 0 Å². The summed E-state index contributed by atoms with van der Waals surface area (Å²) in [5, 5.41) is 24.0. The number of aliphatic hydroxyl groups excluding tert-OH is 2. The van der Waals surface area contributed by atoms with Crippen LogP contribution in [0.2, 0.25) is 0 Å². The lowest BCUT2D eigenvalue weighted by molar-refractivity contribution is -0.148. The largest absolute Gasteiger partial charge is 0.392 e. The van der Waals surface area contributed by atoms with Gasteiger partial charge in [-0.05, 0) is 51.5 Å². The summed E-state index contributed by atoms with van der Waals surface area (Å²) >= 11 is 1.59. The van der Waals surface area contributed by atoms with E-state index in [-0.39, 0.29) is 24.2 Å². The molecule has 1 aliphatic heterocycles. The van der Waals surface area contributed by atoms with Crippen LogP contribution in [-0.2, 0) is 9.53 Å². The summed E-state index contributed by atoms with van der Waals surface area (Å²) in [4.78, 5) is 17.2. The summed E-state index contributed by atoms with van der Waals surface area (Å²) in [5.74, 6) is -0.0952. The van der Waals surface area contributed by atoms with Gasteiger partial charge in [0.15, 0.2) is 6.29 Å². The molecule has 1 aromatic heterocycles. The number of aliphatic hydroxyl groups is 2. The maximum absolute atomic E-state index is 12.8. The molecule has 2 heterocycles. The van der Waals surface area contributed by atoms with Crippen molar-refractivity contribution >= 4 is 23.2 Å². The number of allylic oxidation sites excluding steroid dienone is 1. The summed E-state index contributed by atoms with van der Waals surface area (Å²) in [5.41, 5.74) is 2.17. The van der Waals surface area contributed by atoms with Gasteiger partial charge in [0.05, 0.1) is 22.9 Å². The Labute approximate surface area is 191 Å². The van der Waals surface area contributed by atoms with Crippen LogP contribution in [0.4, 0.5) is 0 Å². The highest BCUT2D eigenvalue weighted by Crippen LogP contribution is 2.25. The summed E-state index contributed by atoms with van der Waals surface area (Å²) in [6.07, 6.45) is 8.26. The van der Waals surface area contributed by atoms with Gasteiger partial charge in [0.1, 0.15) is 5.78 Å². The molecule has 1 aromatic rings. The molecule has 5 nitrogen and oxygen atoms in total. The van der Waals surface area contributed by atoms with Gasteiger partial charge in [-0.15, -0.1) is 11.3 Å². The molecule has 5 unspecified atom stereocenters. The SMILES string of the molecule is CC1=CCC(C=Cc2csc(C)n2)OC(O)CC(O)[C@@H](C)C(=O)C(C)CC(C)CCC1. The lowest BCUT2D eigenvalue weighted by Crippen LogP contribution is -2.34. The molecule has 0 aromatic carbocycles. The zero-order valence-electron chi connectivity index (χ0n) is 19.6. The minimum Gasteiger partial charge on any atom is -0.392 e. The lowest BCUT2D eigenvalue weighted by atomic mass is 9.83. The van der Waals surface area contributed by atoms with Crippen LogP contribution in [0.1, 0.15) is 76.9 Å². The van der Waals surface area contributed by atoms with Crippen molar-refractivity contribution in [3.8, 4) is 0 Å². The summed E-state index contributed by atoms with van der Waals surface area (Å²) in [6, 6.07) is 0. The third-order valence-electron chi connectivity index (χ3n) is 6.13. The maximum Gasteiger partial charge on any atom is 0.157 e. The number of ketones is 1. The molecule has 31 heavy (non-hydrogen) atoms. The Morgan fingerprint density at radius 1 is 1.19 bits per heavy atom. The van der Waals surface area contributed by atoms with Crippen LogP contribution >= 0.6 is 11.3 Å². The van der Waals surface area contributed by atoms with E-state index in [0.717, 1.165) is 36.4 Å². The maximum atomic E-state index is 12.8. The molecule has 2 N–H and O–H groups in total. The average molecular weight is 450 g/mol. The topological polar surface area (TPSA) is 79.7 Å². The second kappa shape index (κ2) is 12.6. The number of nitrogens with zero attached hydrogens (tertiary/aromatic N) is 1. The molecule has 174 valence electrons. The van der Waals surface area contributed by atoms with E-state index >= 15 is 0 Å². The molecular formula is C25H39NO4S. The van der Waals surface area contributed by atoms with Crippen LogP contribution in [0.25, 0.3) is 6.08 Å². The minimum absolute atomic E-state index is 0.0119. The van der Waals surface area contributed by atoms with Gasteiger partial charge in [0.2, 0.25) is 0 Å². The zero-order chi connectivity index (χ0) is 23.0. The van der Waals surface area contributed by atoms with Crippen molar-refractivity contribution in [2.75, 3.05) is 0 Å². The average Bonchev–Trinajstić information content (AvgIpc) is 3.13. The van der Waals surface area contributed by atoms with E-state index in [1.807, 2.05) is 31.4 Å². The fourth-order valence-electron chi connectivity index (χ4n) is 4.13. The standard InChI is InChI=1S/C25H39NO4S/c1-16-7-6-8-17(2)13-18(3)25(29)19(4)23(27)14-24(28)30-22(11-9-16)12-10-21-15-31-20(5)26-21/h9-10,12,15,17-19,22-24,27-28H,6-8,11,13-14H2,1-5H3/t17?,18?,19-,22?,23?,24?/m1/s1. The number of hydrogen-bond donors (Lipinski definition) is 2. The van der Waals surface area contributed by atoms with Crippen LogP contribution in [0.3, 0.4) is 0 Å². The van der Waals surface area contributed by atoms with Gasteiger partial charge < -0.3 is 14.9 Å². The Kier molecular flexibility index (Phi) is 10.6. The van der Waals surface area contributed by atoms with E-state index in [0.29, 0.717) is 12.3 Å². The lowest BCUT2D eigenvalue weighted by Gasteiger charge is -2.26. The number of ether oxygens (including phenoxy) is 1. The van der Waals surface area contributed by atoms with Crippen molar-refractivity contribution in [2.45, 2.75) is 91.6 Å². The Morgan fingerprint density at radius 2 is 1.94 bits per heavy atom. The first-order valence-electron chi connectivity index (χ1n) is 11.5. The van der Waals surface area contributed by atoms with Crippen LogP contribution in [-0.4, -0.2) is 39.5 Å². The van der Waals surface area contributed by atoms with Crippen LogP contribution in [0.5, 0.6) is 0 Å². The fraction of sp³-hybridized carbons (Fsp3) is 0.680. The summed E-state index contributed by atoms with van der Waals surface area (Å²) < 4.78 is 5.85. The van der Waals surface area contributed by atoms with Gasteiger partial charge in [-0.25, -0.2) is 4.98 Å². The van der Waals surface area contributed by atoms with Crippen LogP contribution in [0, 0.1) is 24.7 Å². The first-order chi connectivity index (χ1) is 14.7. The molecule has 2 rings (SSSR count). The molecule has 0 saturated carbocycles. The molecule has 6 heteroatoms. The number of aryl methyl sites for hydroxylation is 1. The van der Waals surface area contributed by atoms with Crippen molar-refractivity contribution in [3.05, 3.63) is 33.8 Å². The van der Waals surface area contributed by atoms with E-state index < -0.39 is 18.3 Å². The van der Waals surface area contributed by atoms with Crippen molar-refractivity contribution in [1.29, 1.82) is 0 Å². The Balaban J connectivity index is 2.16. The Morgan fingerprint density at radius 3 is 2.61 bits per heavy atom. The number of Topliss-reactive ketones (excluding diaryl/α,β-unsaturated/α-hetero) is 1. The molecule has 1 aliphatic rings. The molecule has 0 bridgehead atoms.